The second kappa shape index (κ2) is 11.4. The largest absolute Gasteiger partial charge is 0.508 e. The van der Waals surface area contributed by atoms with Crippen molar-refractivity contribution in [1.82, 2.24) is 9.97 Å². The minimum absolute atomic E-state index is 0.0713. The van der Waals surface area contributed by atoms with Crippen LogP contribution in [0.3, 0.4) is 0 Å². The number of amides is 1. The molecule has 212 valence electrons. The van der Waals surface area contributed by atoms with Gasteiger partial charge in [0, 0.05) is 36.3 Å². The molecule has 41 heavy (non-hydrogen) atoms. The molecule has 1 saturated heterocycles. The van der Waals surface area contributed by atoms with Gasteiger partial charge in [0.05, 0.1) is 18.9 Å². The molecule has 2 aliphatic heterocycles. The summed E-state index contributed by atoms with van der Waals surface area (Å²) in [6.07, 6.45) is -4.43. The summed E-state index contributed by atoms with van der Waals surface area (Å²) in [6.45, 7) is 3.14. The maximum atomic E-state index is 13.6. The van der Waals surface area contributed by atoms with Gasteiger partial charge in [0.1, 0.15) is 11.6 Å². The lowest BCUT2D eigenvalue weighted by Gasteiger charge is -2.28. The molecule has 0 bridgehead atoms. The molecule has 2 N–H and O–H groups in total. The summed E-state index contributed by atoms with van der Waals surface area (Å²) in [7, 11) is 0. The van der Waals surface area contributed by atoms with Gasteiger partial charge in [-0.1, -0.05) is 42.5 Å². The molecule has 1 aromatic heterocycles. The lowest BCUT2D eigenvalue weighted by Crippen LogP contribution is -2.38. The second-order valence-electron chi connectivity index (χ2n) is 9.40. The molecule has 0 spiro atoms. The summed E-state index contributed by atoms with van der Waals surface area (Å²) in [5, 5.41) is 19.3. The monoisotopic (exact) mass is 566 g/mol. The fourth-order valence-corrected chi connectivity index (χ4v) is 4.72. The molecule has 1 amide bonds. The Hall–Kier alpha value is -4.71. The highest BCUT2D eigenvalue weighted by atomic mass is 19.4. The highest BCUT2D eigenvalue weighted by Crippen LogP contribution is 2.37. The maximum Gasteiger partial charge on any atom is 0.490 e. The molecule has 0 aliphatic carbocycles. The Morgan fingerprint density at radius 3 is 2.27 bits per heavy atom. The minimum atomic E-state index is -5.08. The molecule has 0 saturated carbocycles. The molecule has 6 rings (SSSR count). The third-order valence-electron chi connectivity index (χ3n) is 6.71. The quantitative estimate of drug-likeness (QED) is 0.368. The van der Waals surface area contributed by atoms with Gasteiger partial charge in [-0.3, -0.25) is 9.69 Å². The third-order valence-corrected chi connectivity index (χ3v) is 6.71. The molecule has 0 radical (unpaired) electrons. The van der Waals surface area contributed by atoms with E-state index >= 15 is 0 Å². The first-order chi connectivity index (χ1) is 19.6. The van der Waals surface area contributed by atoms with Crippen LogP contribution < -0.4 is 9.80 Å². The van der Waals surface area contributed by atoms with Crippen molar-refractivity contribution in [2.24, 2.45) is 0 Å². The van der Waals surface area contributed by atoms with Crippen molar-refractivity contribution in [2.75, 3.05) is 42.6 Å². The fraction of sp³-hybridized carbons (Fsp3) is 0.241. The molecular formula is C29H25F3N4O5. The predicted octanol–water partition coefficient (Wildman–Crippen LogP) is 4.68. The number of carboxylic acids is 1. The van der Waals surface area contributed by atoms with Crippen LogP contribution in [-0.2, 0) is 16.0 Å². The number of morpholine rings is 1. The number of phenols is 1. The number of fused-ring (bicyclic) bond motifs is 2. The van der Waals surface area contributed by atoms with E-state index in [9.17, 15) is 23.1 Å². The second-order valence-corrected chi connectivity index (χ2v) is 9.40. The molecule has 2 aliphatic rings. The average Bonchev–Trinajstić information content (AvgIpc) is 3.40. The zero-order valence-corrected chi connectivity index (χ0v) is 21.6. The van der Waals surface area contributed by atoms with Gasteiger partial charge < -0.3 is 19.8 Å². The normalized spacial score (nSPS) is 14.8. The van der Waals surface area contributed by atoms with Crippen LogP contribution in [0.25, 0.3) is 22.0 Å². The number of carbonyl (C=O) groups excluding carboxylic acids is 1. The Morgan fingerprint density at radius 2 is 1.59 bits per heavy atom. The summed E-state index contributed by atoms with van der Waals surface area (Å²) in [5.74, 6) is -1.42. The minimum Gasteiger partial charge on any atom is -0.508 e. The highest BCUT2D eigenvalue weighted by molar-refractivity contribution is 6.09. The van der Waals surface area contributed by atoms with Crippen molar-refractivity contribution >= 4 is 34.4 Å². The van der Waals surface area contributed by atoms with E-state index in [-0.39, 0.29) is 11.7 Å². The van der Waals surface area contributed by atoms with Crippen LogP contribution in [0.2, 0.25) is 0 Å². The van der Waals surface area contributed by atoms with Gasteiger partial charge in [-0.25, -0.2) is 9.78 Å². The van der Waals surface area contributed by atoms with Crippen LogP contribution >= 0.6 is 0 Å². The molecule has 12 heteroatoms. The van der Waals surface area contributed by atoms with Gasteiger partial charge in [-0.05, 0) is 41.5 Å². The number of carboxylic acid groups (broad SMARTS) is 1. The van der Waals surface area contributed by atoms with E-state index in [2.05, 4.69) is 4.90 Å². The zero-order chi connectivity index (χ0) is 29.1. The number of hydrogen-bond acceptors (Lipinski definition) is 7. The number of halogens is 3. The summed E-state index contributed by atoms with van der Waals surface area (Å²) in [4.78, 5) is 36.2. The average molecular weight is 567 g/mol. The number of rotatable bonds is 3. The van der Waals surface area contributed by atoms with Crippen LogP contribution in [0.4, 0.5) is 24.9 Å². The Morgan fingerprint density at radius 1 is 0.878 bits per heavy atom. The highest BCUT2D eigenvalue weighted by Gasteiger charge is 2.38. The lowest BCUT2D eigenvalue weighted by atomic mass is 10.1. The molecule has 3 heterocycles. The molecule has 0 unspecified atom stereocenters. The lowest BCUT2D eigenvalue weighted by molar-refractivity contribution is -0.192. The van der Waals surface area contributed by atoms with E-state index in [4.69, 9.17) is 24.6 Å². The zero-order valence-electron chi connectivity index (χ0n) is 21.6. The van der Waals surface area contributed by atoms with Gasteiger partial charge in [0.2, 0.25) is 5.95 Å². The third kappa shape index (κ3) is 6.07. The number of carbonyl (C=O) groups is 2. The van der Waals surface area contributed by atoms with Crippen LogP contribution in [0.5, 0.6) is 5.75 Å². The predicted molar refractivity (Wildman–Crippen MR) is 145 cm³/mol. The van der Waals surface area contributed by atoms with Crippen LogP contribution in [0, 0.1) is 0 Å². The Balaban J connectivity index is 0.000000431. The SMILES string of the molecule is O=C(O)C(F)(F)F.O=C(c1ccc2ccccc2c1)N1CCc2c(-c3cccc(O)c3)nc(N3CCOCC3)nc21. The van der Waals surface area contributed by atoms with E-state index < -0.39 is 12.1 Å². The van der Waals surface area contributed by atoms with E-state index in [0.29, 0.717) is 56.6 Å². The number of ether oxygens (including phenoxy) is 1. The first-order valence-electron chi connectivity index (χ1n) is 12.8. The number of nitrogens with zero attached hydrogens (tertiary/aromatic N) is 4. The van der Waals surface area contributed by atoms with Gasteiger partial charge >= 0.3 is 12.1 Å². The maximum absolute atomic E-state index is 13.6. The van der Waals surface area contributed by atoms with E-state index in [1.807, 2.05) is 48.5 Å². The topological polar surface area (TPSA) is 116 Å². The van der Waals surface area contributed by atoms with E-state index in [0.717, 1.165) is 27.6 Å². The Bertz CT molecular complexity index is 1610. The molecular weight excluding hydrogens is 541 g/mol. The van der Waals surface area contributed by atoms with Gasteiger partial charge in [-0.2, -0.15) is 18.2 Å². The summed E-state index contributed by atoms with van der Waals surface area (Å²) in [6, 6.07) is 20.9. The van der Waals surface area contributed by atoms with Crippen molar-refractivity contribution in [3.05, 3.63) is 77.9 Å². The summed E-state index contributed by atoms with van der Waals surface area (Å²) < 4.78 is 37.2. The number of hydrogen-bond donors (Lipinski definition) is 2. The molecule has 1 fully saturated rings. The van der Waals surface area contributed by atoms with Gasteiger partial charge in [-0.15, -0.1) is 0 Å². The van der Waals surface area contributed by atoms with Crippen molar-refractivity contribution in [3.8, 4) is 17.0 Å². The van der Waals surface area contributed by atoms with Crippen molar-refractivity contribution < 1.29 is 37.7 Å². The molecule has 0 atom stereocenters. The number of phenolic OH excluding ortho intramolecular Hbond substituents is 1. The van der Waals surface area contributed by atoms with Crippen molar-refractivity contribution in [2.45, 2.75) is 12.6 Å². The van der Waals surface area contributed by atoms with Crippen LogP contribution in [0.15, 0.2) is 66.7 Å². The Labute approximate surface area is 232 Å². The van der Waals surface area contributed by atoms with Crippen LogP contribution in [0.1, 0.15) is 15.9 Å². The number of aromatic hydroxyl groups is 1. The summed E-state index contributed by atoms with van der Waals surface area (Å²) >= 11 is 0. The summed E-state index contributed by atoms with van der Waals surface area (Å²) in [5.41, 5.74) is 3.14. The number of aromatic nitrogens is 2. The van der Waals surface area contributed by atoms with Crippen molar-refractivity contribution in [3.63, 3.8) is 0 Å². The Kier molecular flexibility index (Phi) is 7.75. The van der Waals surface area contributed by atoms with Crippen molar-refractivity contribution in [1.29, 1.82) is 0 Å². The van der Waals surface area contributed by atoms with Gasteiger partial charge in [0.25, 0.3) is 5.91 Å². The molecule has 4 aromatic rings. The smallest absolute Gasteiger partial charge is 0.490 e. The first kappa shape index (κ1) is 27.8. The fourth-order valence-electron chi connectivity index (χ4n) is 4.72. The van der Waals surface area contributed by atoms with E-state index in [1.165, 1.54) is 0 Å². The number of aliphatic carboxylic acids is 1. The van der Waals surface area contributed by atoms with Crippen LogP contribution in [-0.4, -0.2) is 71.1 Å². The first-order valence-corrected chi connectivity index (χ1v) is 12.8. The number of anilines is 2. The standard InChI is InChI=1S/C27H24N4O3.C2HF3O2/c32-22-7-3-6-20(17-22)24-23-10-11-31(25(23)29-27(28-24)30-12-14-34-15-13-30)26(33)21-9-8-18-4-1-2-5-19(18)16-21;3-2(4,5)1(6)7/h1-9,16-17,32H,10-15H2;(H,6,7). The van der Waals surface area contributed by atoms with Gasteiger partial charge in [0.15, 0.2) is 0 Å². The molecule has 3 aromatic carbocycles. The van der Waals surface area contributed by atoms with E-state index in [1.54, 1.807) is 23.1 Å². The number of benzene rings is 3. The number of alkyl halides is 3. The molecule has 9 nitrogen and oxygen atoms in total.